The van der Waals surface area contributed by atoms with Crippen LogP contribution in [0.3, 0.4) is 0 Å². The van der Waals surface area contributed by atoms with E-state index in [2.05, 4.69) is 47.9 Å². The molecule has 1 fully saturated rings. The van der Waals surface area contributed by atoms with Crippen LogP contribution in [-0.2, 0) is 104 Å². The summed E-state index contributed by atoms with van der Waals surface area (Å²) in [5, 5.41) is 54.1. The van der Waals surface area contributed by atoms with Gasteiger partial charge in [-0.05, 0) is 90.1 Å². The number of unbranched alkanes of at least 4 members (excludes halogenated alkanes) is 1. The average Bonchev–Trinajstić information content (AvgIpc) is 1.72. The van der Waals surface area contributed by atoms with Gasteiger partial charge in [0.2, 0.25) is 88.6 Å². The number of aliphatic hydroxyl groups is 1. The first-order valence-corrected chi connectivity index (χ1v) is 39.9. The molecule has 0 aliphatic carbocycles. The minimum absolute atomic E-state index is 0.0645. The number of likely N-dealkylation sites (tertiary alicyclic amines) is 1. The molecule has 6 rings (SSSR count). The van der Waals surface area contributed by atoms with E-state index in [-0.39, 0.29) is 69.5 Å². The van der Waals surface area contributed by atoms with Crippen molar-refractivity contribution in [1.82, 2.24) is 72.4 Å². The van der Waals surface area contributed by atoms with Crippen LogP contribution in [0, 0.1) is 11.8 Å². The average molecular weight is 1650 g/mol. The largest absolute Gasteiger partial charge is 0.508 e. The summed E-state index contributed by atoms with van der Waals surface area (Å²) in [6, 6.07) is 23.2. The Morgan fingerprint density at radius 1 is 0.471 bits per heavy atom. The summed E-state index contributed by atoms with van der Waals surface area (Å²) in [5.41, 5.74) is 14.0. The lowest BCUT2D eigenvalue weighted by Gasteiger charge is -2.36. The number of likely N-dealkylation sites (N-methyl/N-ethyl adjacent to an activating group) is 4. The number of rotatable bonds is 45. The van der Waals surface area contributed by atoms with Gasteiger partial charge in [-0.25, -0.2) is 0 Å². The van der Waals surface area contributed by atoms with Gasteiger partial charge in [-0.1, -0.05) is 163 Å². The van der Waals surface area contributed by atoms with Crippen LogP contribution in [0.2, 0.25) is 0 Å². The number of aliphatic hydroxyl groups excluding tert-OH is 1. The molecule has 644 valence electrons. The molecule has 0 saturated carbocycles. The number of primary amides is 1. The second-order valence-electron chi connectivity index (χ2n) is 30.2. The van der Waals surface area contributed by atoms with Crippen molar-refractivity contribution in [1.29, 1.82) is 0 Å². The van der Waals surface area contributed by atoms with Crippen LogP contribution in [0.15, 0.2) is 140 Å². The Morgan fingerprint density at radius 2 is 0.941 bits per heavy atom. The third kappa shape index (κ3) is 29.1. The maximum atomic E-state index is 15.2. The Kier molecular flexibility index (Phi) is 37.9. The van der Waals surface area contributed by atoms with Crippen molar-refractivity contribution in [2.24, 2.45) is 23.3 Å². The molecule has 5 aromatic carbocycles. The first-order valence-electron chi connectivity index (χ1n) is 39.9. The highest BCUT2D eigenvalue weighted by Gasteiger charge is 2.44. The van der Waals surface area contributed by atoms with Gasteiger partial charge in [-0.15, -0.1) is 0 Å². The molecule has 16 N–H and O–H groups in total. The van der Waals surface area contributed by atoms with E-state index in [0.29, 0.717) is 47.9 Å². The molecule has 1 aliphatic rings. The molecule has 12 atom stereocenters. The topological polar surface area (TPSA) is 493 Å². The smallest absolute Gasteiger partial charge is 0.246 e. The standard InChI is InChI=1S/C85H116N16O18/c1-11-13-24-52(5)74(95-71(107)48-89-77(111)65(50-102)94-80(114)73(51(3)4)96-78(112)61(41-57-32-36-59(103)37-33-57)92-75(109)53(6)98(8)81(115)62(90-70(106)12-2)42-54-25-17-14-18-26-54)85(119)100(10)67(44-55-27-19-15-20-28-55)83(117)97(7)49-72(108)91-63(43-58-34-38-60(104)39-35-58)82(116)99(9)68(45-56-29-21-16-22-30-56)84(118)101-40-23-31-66(101)79(113)93-64(46-86)76(110)88-47-69(87)105/h14-22,25-30,32-39,51-53,61-68,73-74,102-104H,11-13,23-24,31,40-50,86H2,1-10H3,(H2,87,105)(H,88,110)(H,89,111)(H,90,106)(H,91,108)(H,92,109)(H,93,113)(H,94,114)(H,95,107)(H,96,112)/t52?,53-,61-,62-,63-,64-,65-,66-,67-,68-,73-,74-/m0/s1. The molecule has 1 heterocycles. The minimum atomic E-state index is -1.73. The Labute approximate surface area is 693 Å². The number of nitrogens with zero attached hydrogens (tertiary/aromatic N) is 5. The number of nitrogens with two attached hydrogens (primary N) is 2. The first kappa shape index (κ1) is 95.5. The Hall–Kier alpha value is -12.3. The van der Waals surface area contributed by atoms with Gasteiger partial charge in [0, 0.05) is 79.8 Å². The number of hydrogen-bond donors (Lipinski definition) is 14. The van der Waals surface area contributed by atoms with Crippen molar-refractivity contribution < 1.29 is 87.2 Å². The summed E-state index contributed by atoms with van der Waals surface area (Å²) < 4.78 is 0. The number of hydrogen-bond acceptors (Lipinski definition) is 19. The number of phenols is 2. The monoisotopic (exact) mass is 1650 g/mol. The maximum Gasteiger partial charge on any atom is 0.246 e. The Bertz CT molecular complexity index is 4280. The molecule has 0 bridgehead atoms. The summed E-state index contributed by atoms with van der Waals surface area (Å²) in [7, 11) is 5.44. The summed E-state index contributed by atoms with van der Waals surface area (Å²) >= 11 is 0. The van der Waals surface area contributed by atoms with Crippen molar-refractivity contribution >= 4 is 88.6 Å². The summed E-state index contributed by atoms with van der Waals surface area (Å²) in [6.07, 6.45) is 1.86. The third-order valence-electron chi connectivity index (χ3n) is 20.9. The van der Waals surface area contributed by atoms with Crippen LogP contribution in [0.25, 0.3) is 0 Å². The molecular weight excluding hydrogens is 1530 g/mol. The fourth-order valence-corrected chi connectivity index (χ4v) is 13.6. The summed E-state index contributed by atoms with van der Waals surface area (Å²) in [4.78, 5) is 217. The molecule has 1 unspecified atom stereocenters. The van der Waals surface area contributed by atoms with E-state index < -0.39 is 193 Å². The quantitative estimate of drug-likeness (QED) is 0.0234. The van der Waals surface area contributed by atoms with E-state index in [9.17, 15) is 68.1 Å². The van der Waals surface area contributed by atoms with Crippen molar-refractivity contribution in [2.45, 2.75) is 179 Å². The zero-order valence-electron chi connectivity index (χ0n) is 69.2. The van der Waals surface area contributed by atoms with Crippen molar-refractivity contribution in [3.8, 4) is 11.5 Å². The summed E-state index contributed by atoms with van der Waals surface area (Å²) in [5.74, 6) is -13.1. The highest BCUT2D eigenvalue weighted by molar-refractivity contribution is 6.00. The van der Waals surface area contributed by atoms with Gasteiger partial charge in [-0.2, -0.15) is 0 Å². The van der Waals surface area contributed by atoms with Gasteiger partial charge < -0.3 is 99.1 Å². The predicted octanol–water partition coefficient (Wildman–Crippen LogP) is -0.484. The van der Waals surface area contributed by atoms with Crippen molar-refractivity contribution in [2.75, 3.05) is 67.5 Å². The van der Waals surface area contributed by atoms with E-state index in [1.165, 1.54) is 93.4 Å². The second-order valence-corrected chi connectivity index (χ2v) is 30.2. The molecule has 15 amide bonds. The van der Waals surface area contributed by atoms with Crippen LogP contribution in [-0.4, -0.2) is 262 Å². The fourth-order valence-electron chi connectivity index (χ4n) is 13.6. The molecule has 1 aliphatic heterocycles. The van der Waals surface area contributed by atoms with Crippen molar-refractivity contribution in [3.63, 3.8) is 0 Å². The van der Waals surface area contributed by atoms with Gasteiger partial charge in [0.1, 0.15) is 78.0 Å². The third-order valence-corrected chi connectivity index (χ3v) is 20.9. The molecule has 1 saturated heterocycles. The van der Waals surface area contributed by atoms with E-state index in [0.717, 1.165) is 20.3 Å². The van der Waals surface area contributed by atoms with Crippen LogP contribution >= 0.6 is 0 Å². The second kappa shape index (κ2) is 47.2. The van der Waals surface area contributed by atoms with E-state index in [1.807, 2.05) is 6.92 Å². The van der Waals surface area contributed by atoms with Gasteiger partial charge in [0.05, 0.1) is 26.2 Å². The fraction of sp³-hybridized carbons (Fsp3) is 0.471. The van der Waals surface area contributed by atoms with Gasteiger partial charge in [0.15, 0.2) is 0 Å². The maximum absolute atomic E-state index is 15.2. The number of amides is 15. The normalized spacial score (nSPS) is 15.1. The SMILES string of the molecule is CCCCC(C)[C@H](NC(=O)CNC(=O)[C@H](CO)NC(=O)[C@@H](NC(=O)[C@H](Cc1ccc(O)cc1)NC(=O)[C@H](C)N(C)C(=O)[C@H](Cc1ccccc1)NC(=O)CC)C(C)C)C(=O)N(C)[C@@H](Cc1ccccc1)C(=O)N(C)CC(=O)N[C@@H](Cc1ccc(O)cc1)C(=O)N(C)[C@@H](Cc1ccccc1)C(=O)N1CCC[C@H]1C(=O)N[C@@H](CN)C(=O)NCC(N)=O. The van der Waals surface area contributed by atoms with E-state index >= 15 is 19.2 Å². The van der Waals surface area contributed by atoms with Crippen LogP contribution in [0.1, 0.15) is 108 Å². The lowest BCUT2D eigenvalue weighted by Crippen LogP contribution is -2.61. The molecule has 0 aromatic heterocycles. The molecule has 119 heavy (non-hydrogen) atoms. The first-order chi connectivity index (χ1) is 56.6. The lowest BCUT2D eigenvalue weighted by molar-refractivity contribution is -0.149. The zero-order chi connectivity index (χ0) is 87.7. The van der Waals surface area contributed by atoms with Gasteiger partial charge >= 0.3 is 0 Å². The minimum Gasteiger partial charge on any atom is -0.508 e. The molecular formula is C85H116N16O18. The molecule has 0 spiro atoms. The molecule has 34 nitrogen and oxygen atoms in total. The number of aromatic hydroxyl groups is 2. The number of carbonyl (C=O) groups excluding carboxylic acids is 15. The highest BCUT2D eigenvalue weighted by Crippen LogP contribution is 2.25. The van der Waals surface area contributed by atoms with Crippen molar-refractivity contribution in [3.05, 3.63) is 167 Å². The Balaban J connectivity index is 1.17. The zero-order valence-corrected chi connectivity index (χ0v) is 69.2. The van der Waals surface area contributed by atoms with Crippen LogP contribution in [0.5, 0.6) is 11.5 Å². The van der Waals surface area contributed by atoms with Gasteiger partial charge in [0.25, 0.3) is 0 Å². The Morgan fingerprint density at radius 3 is 1.45 bits per heavy atom. The van der Waals surface area contributed by atoms with E-state index in [1.54, 1.807) is 119 Å². The highest BCUT2D eigenvalue weighted by atomic mass is 16.3. The number of nitrogens with one attached hydrogen (secondary N) is 9. The summed E-state index contributed by atoms with van der Waals surface area (Å²) in [6.45, 7) is 6.57. The van der Waals surface area contributed by atoms with E-state index in [4.69, 9.17) is 11.5 Å². The molecule has 34 heteroatoms. The molecule has 5 aromatic rings. The molecule has 0 radical (unpaired) electrons. The lowest BCUT2D eigenvalue weighted by atomic mass is 9.93. The van der Waals surface area contributed by atoms with Gasteiger partial charge in [-0.3, -0.25) is 71.9 Å². The number of benzene rings is 5. The predicted molar refractivity (Wildman–Crippen MR) is 440 cm³/mol. The van der Waals surface area contributed by atoms with Crippen LogP contribution < -0.4 is 59.3 Å². The number of carbonyl (C=O) groups is 15. The number of phenolic OH excluding ortho intramolecular Hbond substituents is 2. The van der Waals surface area contributed by atoms with Crippen LogP contribution in [0.4, 0.5) is 0 Å².